The van der Waals surface area contributed by atoms with Crippen molar-refractivity contribution in [3.63, 3.8) is 0 Å². The van der Waals surface area contributed by atoms with Gasteiger partial charge in [0.25, 0.3) is 5.91 Å². The van der Waals surface area contributed by atoms with E-state index in [9.17, 15) is 9.90 Å². The van der Waals surface area contributed by atoms with E-state index in [0.29, 0.717) is 13.2 Å². The van der Waals surface area contributed by atoms with E-state index in [1.54, 1.807) is 7.11 Å². The van der Waals surface area contributed by atoms with E-state index in [1.165, 1.54) is 13.8 Å². The van der Waals surface area contributed by atoms with E-state index < -0.39 is 5.60 Å². The number of nitrogens with one attached hydrogen (secondary N) is 1. The number of rotatable bonds is 5. The topological polar surface area (TPSA) is 58.6 Å². The van der Waals surface area contributed by atoms with Crippen LogP contribution < -0.4 is 5.32 Å². The van der Waals surface area contributed by atoms with Crippen LogP contribution in [0, 0.1) is 0 Å². The second-order valence-electron chi connectivity index (χ2n) is 3.16. The molecule has 0 fully saturated rings. The maximum Gasteiger partial charge on any atom is 0.251 e. The summed E-state index contributed by atoms with van der Waals surface area (Å²) in [6.45, 7) is 4.07. The third kappa shape index (κ3) is 5.09. The van der Waals surface area contributed by atoms with Crippen LogP contribution in [0.4, 0.5) is 0 Å². The molecule has 0 radical (unpaired) electrons. The Hall–Kier alpha value is -0.610. The van der Waals surface area contributed by atoms with E-state index in [-0.39, 0.29) is 5.91 Å². The van der Waals surface area contributed by atoms with E-state index in [2.05, 4.69) is 5.32 Å². The molecule has 0 unspecified atom stereocenters. The minimum Gasteiger partial charge on any atom is -0.385 e. The predicted molar refractivity (Wildman–Crippen MR) is 45.8 cm³/mol. The first kappa shape index (κ1) is 11.4. The molecular weight excluding hydrogens is 158 g/mol. The quantitative estimate of drug-likeness (QED) is 0.574. The lowest BCUT2D eigenvalue weighted by Gasteiger charge is -2.16. The fourth-order valence-corrected chi connectivity index (χ4v) is 0.635. The zero-order chi connectivity index (χ0) is 9.61. The molecular formula is C8H17NO3. The third-order valence-electron chi connectivity index (χ3n) is 1.37. The molecule has 0 bridgehead atoms. The highest BCUT2D eigenvalue weighted by atomic mass is 16.5. The minimum atomic E-state index is -1.28. The van der Waals surface area contributed by atoms with Gasteiger partial charge in [0.05, 0.1) is 0 Å². The lowest BCUT2D eigenvalue weighted by atomic mass is 10.1. The van der Waals surface area contributed by atoms with Crippen LogP contribution in [0.15, 0.2) is 0 Å². The first-order chi connectivity index (χ1) is 5.48. The van der Waals surface area contributed by atoms with Gasteiger partial charge in [-0.2, -0.15) is 0 Å². The lowest BCUT2D eigenvalue weighted by Crippen LogP contribution is -2.42. The number of ether oxygens (including phenoxy) is 1. The van der Waals surface area contributed by atoms with Gasteiger partial charge in [-0.25, -0.2) is 0 Å². The van der Waals surface area contributed by atoms with Crippen molar-refractivity contribution in [2.75, 3.05) is 20.3 Å². The van der Waals surface area contributed by atoms with Crippen LogP contribution >= 0.6 is 0 Å². The van der Waals surface area contributed by atoms with Crippen molar-refractivity contribution in [3.8, 4) is 0 Å². The van der Waals surface area contributed by atoms with Gasteiger partial charge in [-0.05, 0) is 20.3 Å². The van der Waals surface area contributed by atoms with Crippen LogP contribution in [0.5, 0.6) is 0 Å². The van der Waals surface area contributed by atoms with Gasteiger partial charge >= 0.3 is 0 Å². The Morgan fingerprint density at radius 1 is 1.58 bits per heavy atom. The Morgan fingerprint density at radius 3 is 2.58 bits per heavy atom. The Balaban J connectivity index is 3.45. The van der Waals surface area contributed by atoms with Gasteiger partial charge in [0, 0.05) is 20.3 Å². The monoisotopic (exact) mass is 175 g/mol. The molecule has 12 heavy (non-hydrogen) atoms. The van der Waals surface area contributed by atoms with Crippen molar-refractivity contribution in [1.82, 2.24) is 5.32 Å². The Bertz CT molecular complexity index is 140. The van der Waals surface area contributed by atoms with E-state index in [1.807, 2.05) is 0 Å². The molecule has 0 aliphatic rings. The molecule has 0 aromatic heterocycles. The molecule has 2 N–H and O–H groups in total. The van der Waals surface area contributed by atoms with Crippen molar-refractivity contribution in [1.29, 1.82) is 0 Å². The average molecular weight is 175 g/mol. The standard InChI is InChI=1S/C8H17NO3/c1-8(2,11)7(10)9-5-4-6-12-3/h11H,4-6H2,1-3H3,(H,9,10). The number of carbonyl (C=O) groups is 1. The van der Waals surface area contributed by atoms with Gasteiger partial charge in [-0.1, -0.05) is 0 Å². The summed E-state index contributed by atoms with van der Waals surface area (Å²) in [4.78, 5) is 11.0. The minimum absolute atomic E-state index is 0.349. The van der Waals surface area contributed by atoms with Gasteiger partial charge in [-0.15, -0.1) is 0 Å². The van der Waals surface area contributed by atoms with Crippen molar-refractivity contribution in [3.05, 3.63) is 0 Å². The number of carbonyl (C=O) groups excluding carboxylic acids is 1. The number of hydrogen-bond acceptors (Lipinski definition) is 3. The second-order valence-corrected chi connectivity index (χ2v) is 3.16. The first-order valence-corrected chi connectivity index (χ1v) is 3.98. The zero-order valence-corrected chi connectivity index (χ0v) is 7.89. The van der Waals surface area contributed by atoms with Crippen LogP contribution in [0.25, 0.3) is 0 Å². The van der Waals surface area contributed by atoms with Crippen LogP contribution in [0.2, 0.25) is 0 Å². The number of hydrogen-bond donors (Lipinski definition) is 2. The molecule has 0 heterocycles. The molecule has 4 heteroatoms. The Kier molecular flexibility index (Phi) is 4.85. The molecule has 0 spiro atoms. The Labute approximate surface area is 72.9 Å². The summed E-state index contributed by atoms with van der Waals surface area (Å²) in [6.07, 6.45) is 0.762. The summed E-state index contributed by atoms with van der Waals surface area (Å²) in [7, 11) is 1.61. The third-order valence-corrected chi connectivity index (χ3v) is 1.37. The summed E-state index contributed by atoms with van der Waals surface area (Å²) in [5, 5.41) is 11.8. The molecule has 0 atom stereocenters. The van der Waals surface area contributed by atoms with Crippen LogP contribution in [-0.2, 0) is 9.53 Å². The fourth-order valence-electron chi connectivity index (χ4n) is 0.635. The zero-order valence-electron chi connectivity index (χ0n) is 7.89. The molecule has 4 nitrogen and oxygen atoms in total. The van der Waals surface area contributed by atoms with Gasteiger partial charge in [0.2, 0.25) is 0 Å². The molecule has 0 rings (SSSR count). The number of amides is 1. The highest BCUT2D eigenvalue weighted by Crippen LogP contribution is 1.99. The Morgan fingerprint density at radius 2 is 2.17 bits per heavy atom. The summed E-state index contributed by atoms with van der Waals surface area (Å²) < 4.78 is 4.80. The molecule has 0 aliphatic heterocycles. The smallest absolute Gasteiger partial charge is 0.251 e. The molecule has 1 amide bonds. The molecule has 0 aromatic rings. The normalized spacial score (nSPS) is 11.3. The molecule has 72 valence electrons. The second kappa shape index (κ2) is 5.11. The highest BCUT2D eigenvalue weighted by Gasteiger charge is 2.22. The van der Waals surface area contributed by atoms with Gasteiger partial charge in [0.15, 0.2) is 0 Å². The molecule has 0 saturated carbocycles. The SMILES string of the molecule is COCCCNC(=O)C(C)(C)O. The summed E-state index contributed by atoms with van der Waals surface area (Å²) in [5.41, 5.74) is -1.28. The molecule has 0 aliphatic carbocycles. The van der Waals surface area contributed by atoms with Gasteiger partial charge < -0.3 is 15.2 Å². The van der Waals surface area contributed by atoms with Crippen LogP contribution in [0.1, 0.15) is 20.3 Å². The fraction of sp³-hybridized carbons (Fsp3) is 0.875. The lowest BCUT2D eigenvalue weighted by molar-refractivity contribution is -0.136. The maximum absolute atomic E-state index is 11.0. The van der Waals surface area contributed by atoms with Crippen LogP contribution in [-0.4, -0.2) is 36.9 Å². The summed E-state index contributed by atoms with van der Waals surface area (Å²) >= 11 is 0. The summed E-state index contributed by atoms with van der Waals surface area (Å²) in [5.74, 6) is -0.349. The van der Waals surface area contributed by atoms with Crippen molar-refractivity contribution in [2.24, 2.45) is 0 Å². The summed E-state index contributed by atoms with van der Waals surface area (Å²) in [6, 6.07) is 0. The van der Waals surface area contributed by atoms with E-state index in [4.69, 9.17) is 4.74 Å². The largest absolute Gasteiger partial charge is 0.385 e. The molecule has 0 aromatic carbocycles. The van der Waals surface area contributed by atoms with Crippen molar-refractivity contribution >= 4 is 5.91 Å². The first-order valence-electron chi connectivity index (χ1n) is 3.98. The molecule has 0 saturated heterocycles. The van der Waals surface area contributed by atoms with Gasteiger partial charge in [-0.3, -0.25) is 4.79 Å². The number of methoxy groups -OCH3 is 1. The van der Waals surface area contributed by atoms with E-state index in [0.717, 1.165) is 6.42 Å². The van der Waals surface area contributed by atoms with Crippen molar-refractivity contribution < 1.29 is 14.6 Å². The van der Waals surface area contributed by atoms with Crippen molar-refractivity contribution in [2.45, 2.75) is 25.9 Å². The average Bonchev–Trinajstić information content (AvgIpc) is 1.96. The highest BCUT2D eigenvalue weighted by molar-refractivity contribution is 5.83. The van der Waals surface area contributed by atoms with Crippen LogP contribution in [0.3, 0.4) is 0 Å². The maximum atomic E-state index is 11.0. The van der Waals surface area contributed by atoms with E-state index >= 15 is 0 Å². The predicted octanol–water partition coefficient (Wildman–Crippen LogP) is -0.0900. The van der Waals surface area contributed by atoms with Gasteiger partial charge in [0.1, 0.15) is 5.60 Å². The number of aliphatic hydroxyl groups is 1.